The predicted molar refractivity (Wildman–Crippen MR) is 55.7 cm³/mol. The molecule has 3 heteroatoms. The fourth-order valence-electron chi connectivity index (χ4n) is 1.42. The van der Waals surface area contributed by atoms with Crippen LogP contribution in [-0.4, -0.2) is 10.2 Å². The first-order chi connectivity index (χ1) is 6.88. The Hall–Kier alpha value is -1.61. The van der Waals surface area contributed by atoms with E-state index >= 15 is 0 Å². The number of hydrogen-bond donors (Lipinski definition) is 2. The summed E-state index contributed by atoms with van der Waals surface area (Å²) < 4.78 is 0. The van der Waals surface area contributed by atoms with Crippen molar-refractivity contribution < 1.29 is 0 Å². The largest absolute Gasteiger partial charge is 0.325 e. The van der Waals surface area contributed by atoms with Crippen LogP contribution >= 0.6 is 0 Å². The monoisotopic (exact) mass is 187 g/mol. The normalized spacial score (nSPS) is 10.4. The average Bonchev–Trinajstić information content (AvgIpc) is 2.67. The van der Waals surface area contributed by atoms with Gasteiger partial charge in [-0.15, -0.1) is 0 Å². The average molecular weight is 187 g/mol. The van der Waals surface area contributed by atoms with Crippen LogP contribution in [0.2, 0.25) is 0 Å². The van der Waals surface area contributed by atoms with Crippen molar-refractivity contribution in [1.29, 1.82) is 0 Å². The quantitative estimate of drug-likeness (QED) is 0.764. The standard InChI is InChI=1S/C11H13N3/c12-8-11-7-10(13-14-11)6-9-4-2-1-3-5-9/h1-5,7H,6,8,12H2,(H,13,14). The van der Waals surface area contributed by atoms with Gasteiger partial charge in [0.15, 0.2) is 0 Å². The van der Waals surface area contributed by atoms with Crippen LogP contribution in [0.4, 0.5) is 0 Å². The van der Waals surface area contributed by atoms with Crippen LogP contribution in [0, 0.1) is 0 Å². The van der Waals surface area contributed by atoms with Gasteiger partial charge in [-0.1, -0.05) is 30.3 Å². The molecular weight excluding hydrogens is 174 g/mol. The fourth-order valence-corrected chi connectivity index (χ4v) is 1.42. The molecule has 1 aromatic carbocycles. The molecule has 0 radical (unpaired) electrons. The summed E-state index contributed by atoms with van der Waals surface area (Å²) in [6, 6.07) is 12.3. The summed E-state index contributed by atoms with van der Waals surface area (Å²) in [4.78, 5) is 0. The molecule has 0 atom stereocenters. The Morgan fingerprint density at radius 3 is 2.64 bits per heavy atom. The number of nitrogens with one attached hydrogen (secondary N) is 1. The third-order valence-electron chi connectivity index (χ3n) is 2.13. The van der Waals surface area contributed by atoms with Gasteiger partial charge in [-0.05, 0) is 11.6 Å². The summed E-state index contributed by atoms with van der Waals surface area (Å²) in [7, 11) is 0. The third-order valence-corrected chi connectivity index (χ3v) is 2.13. The van der Waals surface area contributed by atoms with Crippen molar-refractivity contribution >= 4 is 0 Å². The van der Waals surface area contributed by atoms with E-state index in [2.05, 4.69) is 22.3 Å². The molecule has 0 amide bonds. The molecule has 3 nitrogen and oxygen atoms in total. The zero-order valence-electron chi connectivity index (χ0n) is 7.90. The smallest absolute Gasteiger partial charge is 0.0760 e. The molecule has 0 aliphatic rings. The van der Waals surface area contributed by atoms with Gasteiger partial charge < -0.3 is 5.73 Å². The number of nitrogens with two attached hydrogens (primary N) is 1. The minimum Gasteiger partial charge on any atom is -0.325 e. The molecule has 3 N–H and O–H groups in total. The number of H-pyrrole nitrogens is 1. The number of rotatable bonds is 3. The molecule has 1 aromatic heterocycles. The lowest BCUT2D eigenvalue weighted by Gasteiger charge is -1.96. The molecule has 1 heterocycles. The SMILES string of the molecule is NCc1cc(Cc2ccccc2)[nH]n1. The minimum absolute atomic E-state index is 0.491. The van der Waals surface area contributed by atoms with Crippen molar-refractivity contribution in [2.24, 2.45) is 5.73 Å². The lowest BCUT2D eigenvalue weighted by Crippen LogP contribution is -1.95. The van der Waals surface area contributed by atoms with E-state index in [1.54, 1.807) is 0 Å². The van der Waals surface area contributed by atoms with Crippen LogP contribution in [0.1, 0.15) is 17.0 Å². The molecule has 0 spiro atoms. The van der Waals surface area contributed by atoms with Crippen LogP contribution < -0.4 is 5.73 Å². The van der Waals surface area contributed by atoms with E-state index in [0.29, 0.717) is 6.54 Å². The van der Waals surface area contributed by atoms with Crippen LogP contribution in [0.15, 0.2) is 36.4 Å². The highest BCUT2D eigenvalue weighted by atomic mass is 15.1. The Labute approximate surface area is 83.0 Å². The van der Waals surface area contributed by atoms with Crippen molar-refractivity contribution in [3.63, 3.8) is 0 Å². The summed E-state index contributed by atoms with van der Waals surface area (Å²) >= 11 is 0. The van der Waals surface area contributed by atoms with Gasteiger partial charge >= 0.3 is 0 Å². The minimum atomic E-state index is 0.491. The molecular formula is C11H13N3. The summed E-state index contributed by atoms with van der Waals surface area (Å²) in [6.07, 6.45) is 0.883. The van der Waals surface area contributed by atoms with Crippen LogP contribution in [0.5, 0.6) is 0 Å². The van der Waals surface area contributed by atoms with Crippen molar-refractivity contribution in [2.45, 2.75) is 13.0 Å². The maximum atomic E-state index is 5.47. The van der Waals surface area contributed by atoms with E-state index in [1.807, 2.05) is 24.3 Å². The second-order valence-electron chi connectivity index (χ2n) is 3.25. The number of aromatic nitrogens is 2. The van der Waals surface area contributed by atoms with Gasteiger partial charge in [0.1, 0.15) is 0 Å². The molecule has 14 heavy (non-hydrogen) atoms. The first kappa shape index (κ1) is 8.97. The van der Waals surface area contributed by atoms with Crippen LogP contribution in [0.25, 0.3) is 0 Å². The topological polar surface area (TPSA) is 54.7 Å². The Morgan fingerprint density at radius 2 is 2.00 bits per heavy atom. The molecule has 2 rings (SSSR count). The zero-order valence-corrected chi connectivity index (χ0v) is 7.90. The summed E-state index contributed by atoms with van der Waals surface area (Å²) in [6.45, 7) is 0.491. The third kappa shape index (κ3) is 2.00. The van der Waals surface area contributed by atoms with E-state index < -0.39 is 0 Å². The van der Waals surface area contributed by atoms with Gasteiger partial charge in [0, 0.05) is 18.7 Å². The van der Waals surface area contributed by atoms with E-state index in [9.17, 15) is 0 Å². The molecule has 72 valence electrons. The molecule has 2 aromatic rings. The van der Waals surface area contributed by atoms with Crippen LogP contribution in [0.3, 0.4) is 0 Å². The summed E-state index contributed by atoms with van der Waals surface area (Å²) in [5.41, 5.74) is 8.77. The maximum absolute atomic E-state index is 5.47. The first-order valence-electron chi connectivity index (χ1n) is 4.65. The van der Waals surface area contributed by atoms with Crippen molar-refractivity contribution in [2.75, 3.05) is 0 Å². The van der Waals surface area contributed by atoms with Gasteiger partial charge in [-0.3, -0.25) is 5.10 Å². The highest BCUT2D eigenvalue weighted by molar-refractivity contribution is 5.22. The number of aromatic amines is 1. The molecule has 0 aliphatic heterocycles. The highest BCUT2D eigenvalue weighted by Crippen LogP contribution is 2.07. The Morgan fingerprint density at radius 1 is 1.21 bits per heavy atom. The highest BCUT2D eigenvalue weighted by Gasteiger charge is 1.99. The number of nitrogens with zero attached hydrogens (tertiary/aromatic N) is 1. The van der Waals surface area contributed by atoms with Gasteiger partial charge in [-0.2, -0.15) is 5.10 Å². The van der Waals surface area contributed by atoms with Crippen molar-refractivity contribution in [3.05, 3.63) is 53.3 Å². The second-order valence-corrected chi connectivity index (χ2v) is 3.25. The lowest BCUT2D eigenvalue weighted by atomic mass is 10.1. The lowest BCUT2D eigenvalue weighted by molar-refractivity contribution is 0.928. The molecule has 0 aliphatic carbocycles. The van der Waals surface area contributed by atoms with E-state index in [1.165, 1.54) is 5.56 Å². The predicted octanol–water partition coefficient (Wildman–Crippen LogP) is 1.46. The fraction of sp³-hybridized carbons (Fsp3) is 0.182. The molecule has 0 bridgehead atoms. The number of hydrogen-bond acceptors (Lipinski definition) is 2. The van der Waals surface area contributed by atoms with E-state index in [4.69, 9.17) is 5.73 Å². The van der Waals surface area contributed by atoms with Gasteiger partial charge in [-0.25, -0.2) is 0 Å². The van der Waals surface area contributed by atoms with Gasteiger partial charge in [0.25, 0.3) is 0 Å². The molecule has 0 saturated carbocycles. The second kappa shape index (κ2) is 4.07. The zero-order chi connectivity index (χ0) is 9.80. The van der Waals surface area contributed by atoms with Gasteiger partial charge in [0.2, 0.25) is 0 Å². The Balaban J connectivity index is 2.11. The first-order valence-corrected chi connectivity index (χ1v) is 4.65. The summed E-state index contributed by atoms with van der Waals surface area (Å²) in [5, 5.41) is 7.06. The van der Waals surface area contributed by atoms with Gasteiger partial charge in [0.05, 0.1) is 5.69 Å². The van der Waals surface area contributed by atoms with E-state index in [-0.39, 0.29) is 0 Å². The molecule has 0 unspecified atom stereocenters. The number of benzene rings is 1. The Bertz CT molecular complexity index is 392. The molecule has 0 fully saturated rings. The van der Waals surface area contributed by atoms with Crippen LogP contribution in [-0.2, 0) is 13.0 Å². The Kier molecular flexibility index (Phi) is 2.60. The summed E-state index contributed by atoms with van der Waals surface area (Å²) in [5.74, 6) is 0. The molecule has 0 saturated heterocycles. The van der Waals surface area contributed by atoms with Crippen molar-refractivity contribution in [3.8, 4) is 0 Å². The van der Waals surface area contributed by atoms with Crippen molar-refractivity contribution in [1.82, 2.24) is 10.2 Å². The van der Waals surface area contributed by atoms with E-state index in [0.717, 1.165) is 17.8 Å². The maximum Gasteiger partial charge on any atom is 0.0760 e.